The Bertz CT molecular complexity index is 1020. The van der Waals surface area contributed by atoms with Gasteiger partial charge in [0.25, 0.3) is 0 Å². The molecule has 0 aliphatic heterocycles. The number of carboxylic acid groups (broad SMARTS) is 1. The minimum absolute atomic E-state index is 0.206. The molecule has 0 aliphatic carbocycles. The summed E-state index contributed by atoms with van der Waals surface area (Å²) in [6.07, 6.45) is 3.92. The van der Waals surface area contributed by atoms with Crippen LogP contribution in [-0.4, -0.2) is 27.7 Å². The smallest absolute Gasteiger partial charge is 0.416 e. The Labute approximate surface area is 155 Å². The van der Waals surface area contributed by atoms with Crippen molar-refractivity contribution in [1.82, 2.24) is 9.88 Å². The number of hydrogen-bond acceptors (Lipinski definition) is 2. The van der Waals surface area contributed by atoms with Gasteiger partial charge in [-0.05, 0) is 48.7 Å². The topological polar surface area (TPSA) is 71.3 Å². The number of para-hydroxylation sites is 1. The van der Waals surface area contributed by atoms with E-state index in [9.17, 15) is 19.1 Å². The number of nitrogens with one attached hydrogen (secondary N) is 1. The number of carbonyl (C=O) groups excluding carboxylic acids is 1. The molecule has 138 valence electrons. The predicted molar refractivity (Wildman–Crippen MR) is 102 cm³/mol. The normalized spacial score (nSPS) is 12.4. The molecule has 0 spiro atoms. The first kappa shape index (κ1) is 18.4. The van der Waals surface area contributed by atoms with Crippen molar-refractivity contribution in [3.63, 3.8) is 0 Å². The molecule has 5 nitrogen and oxygen atoms in total. The molecular formula is C21H19FN2O3. The summed E-state index contributed by atoms with van der Waals surface area (Å²) in [5.74, 6) is -0.658. The van der Waals surface area contributed by atoms with Crippen LogP contribution in [-0.2, 0) is 11.2 Å². The van der Waals surface area contributed by atoms with Crippen LogP contribution in [0.1, 0.15) is 18.1 Å². The molecule has 2 N–H and O–H groups in total. The van der Waals surface area contributed by atoms with Crippen LogP contribution >= 0.6 is 0 Å². The number of carbonyl (C=O) groups is 2. The summed E-state index contributed by atoms with van der Waals surface area (Å²) in [7, 11) is 0. The first-order valence-electron chi connectivity index (χ1n) is 8.50. The highest BCUT2D eigenvalue weighted by atomic mass is 19.1. The summed E-state index contributed by atoms with van der Waals surface area (Å²) < 4.78 is 14.3. The Balaban J connectivity index is 1.69. The fraction of sp³-hybridized carbons (Fsp3) is 0.143. The van der Waals surface area contributed by atoms with E-state index in [1.807, 2.05) is 19.1 Å². The lowest BCUT2D eigenvalue weighted by Crippen LogP contribution is -2.32. The van der Waals surface area contributed by atoms with E-state index >= 15 is 0 Å². The molecule has 0 unspecified atom stereocenters. The quantitative estimate of drug-likeness (QED) is 0.669. The van der Waals surface area contributed by atoms with Crippen LogP contribution in [0.25, 0.3) is 17.0 Å². The van der Waals surface area contributed by atoms with Gasteiger partial charge in [-0.15, -0.1) is 0 Å². The number of amides is 1. The van der Waals surface area contributed by atoms with Gasteiger partial charge in [-0.1, -0.05) is 30.3 Å². The fourth-order valence-corrected chi connectivity index (χ4v) is 3.03. The molecule has 0 aliphatic rings. The molecule has 1 amide bonds. The van der Waals surface area contributed by atoms with Crippen molar-refractivity contribution in [1.29, 1.82) is 0 Å². The van der Waals surface area contributed by atoms with Gasteiger partial charge in [-0.3, -0.25) is 9.36 Å². The average Bonchev–Trinajstić information content (AvgIpc) is 2.99. The number of aromatic nitrogens is 1. The second-order valence-electron chi connectivity index (χ2n) is 6.33. The lowest BCUT2D eigenvalue weighted by atomic mass is 10.1. The van der Waals surface area contributed by atoms with Crippen LogP contribution in [0.4, 0.5) is 9.18 Å². The lowest BCUT2D eigenvalue weighted by molar-refractivity contribution is -0.117. The zero-order valence-corrected chi connectivity index (χ0v) is 14.7. The summed E-state index contributed by atoms with van der Waals surface area (Å²) in [6, 6.07) is 13.0. The van der Waals surface area contributed by atoms with Crippen LogP contribution < -0.4 is 5.32 Å². The van der Waals surface area contributed by atoms with Gasteiger partial charge in [0.15, 0.2) is 0 Å². The maximum absolute atomic E-state index is 13.2. The molecule has 0 bridgehead atoms. The van der Waals surface area contributed by atoms with E-state index in [4.69, 9.17) is 0 Å². The van der Waals surface area contributed by atoms with E-state index in [2.05, 4.69) is 5.32 Å². The predicted octanol–water partition coefficient (Wildman–Crippen LogP) is 4.07. The third kappa shape index (κ3) is 4.41. The summed E-state index contributed by atoms with van der Waals surface area (Å²) in [5.41, 5.74) is 2.06. The van der Waals surface area contributed by atoms with Crippen molar-refractivity contribution in [2.24, 2.45) is 0 Å². The molecule has 2 aromatic carbocycles. The number of fused-ring (bicyclic) bond motifs is 1. The molecule has 6 heteroatoms. The Morgan fingerprint density at radius 3 is 2.74 bits per heavy atom. The van der Waals surface area contributed by atoms with Gasteiger partial charge in [0.1, 0.15) is 5.82 Å². The lowest BCUT2D eigenvalue weighted by Gasteiger charge is -2.11. The summed E-state index contributed by atoms with van der Waals surface area (Å²) in [5, 5.41) is 13.0. The van der Waals surface area contributed by atoms with Crippen molar-refractivity contribution in [3.05, 3.63) is 77.7 Å². The van der Waals surface area contributed by atoms with Crippen LogP contribution in [0.15, 0.2) is 60.8 Å². The minimum atomic E-state index is -1.05. The molecular weight excluding hydrogens is 347 g/mol. The molecule has 1 heterocycles. The molecule has 0 radical (unpaired) electrons. The Kier molecular flexibility index (Phi) is 5.35. The van der Waals surface area contributed by atoms with Gasteiger partial charge in [-0.2, -0.15) is 0 Å². The maximum atomic E-state index is 13.2. The SMILES string of the molecule is C[C@H](Cc1cn(C(=O)O)c2ccccc12)NC(=O)C=Cc1cccc(F)c1. The highest BCUT2D eigenvalue weighted by molar-refractivity contribution is 5.93. The Hall–Kier alpha value is -3.41. The Morgan fingerprint density at radius 2 is 2.00 bits per heavy atom. The second-order valence-corrected chi connectivity index (χ2v) is 6.33. The van der Waals surface area contributed by atoms with E-state index in [0.29, 0.717) is 17.5 Å². The van der Waals surface area contributed by atoms with Crippen molar-refractivity contribution in [3.8, 4) is 0 Å². The molecule has 0 saturated carbocycles. The Morgan fingerprint density at radius 1 is 1.22 bits per heavy atom. The molecule has 27 heavy (non-hydrogen) atoms. The fourth-order valence-electron chi connectivity index (χ4n) is 3.03. The van der Waals surface area contributed by atoms with E-state index in [0.717, 1.165) is 10.9 Å². The monoisotopic (exact) mass is 366 g/mol. The highest BCUT2D eigenvalue weighted by Gasteiger charge is 2.15. The number of hydrogen-bond donors (Lipinski definition) is 2. The number of benzene rings is 2. The molecule has 0 fully saturated rings. The average molecular weight is 366 g/mol. The molecule has 1 aromatic heterocycles. The van der Waals surface area contributed by atoms with Gasteiger partial charge in [0, 0.05) is 23.7 Å². The van der Waals surface area contributed by atoms with Crippen LogP contribution in [0, 0.1) is 5.82 Å². The van der Waals surface area contributed by atoms with E-state index in [1.54, 1.807) is 36.5 Å². The van der Waals surface area contributed by atoms with E-state index < -0.39 is 6.09 Å². The first-order chi connectivity index (χ1) is 12.9. The number of halogens is 1. The van der Waals surface area contributed by atoms with Gasteiger partial charge in [0.05, 0.1) is 5.52 Å². The van der Waals surface area contributed by atoms with Gasteiger partial charge >= 0.3 is 6.09 Å². The van der Waals surface area contributed by atoms with E-state index in [1.165, 1.54) is 22.8 Å². The largest absolute Gasteiger partial charge is 0.464 e. The van der Waals surface area contributed by atoms with Crippen molar-refractivity contribution in [2.75, 3.05) is 0 Å². The van der Waals surface area contributed by atoms with Gasteiger partial charge in [0.2, 0.25) is 5.91 Å². The molecule has 1 atom stereocenters. The van der Waals surface area contributed by atoms with Gasteiger partial charge in [-0.25, -0.2) is 9.18 Å². The number of nitrogens with zero attached hydrogens (tertiary/aromatic N) is 1. The molecule has 3 rings (SSSR count). The third-order valence-electron chi connectivity index (χ3n) is 4.19. The standard InChI is InChI=1S/C21H19FN2O3/c1-14(23-20(25)10-9-15-5-4-6-17(22)12-15)11-16-13-24(21(26)27)19-8-3-2-7-18(16)19/h2-10,12-14H,11H2,1H3,(H,23,25)(H,26,27)/t14-/m1/s1. The molecule has 0 saturated heterocycles. The molecule has 3 aromatic rings. The van der Waals surface area contributed by atoms with Crippen molar-refractivity contribution < 1.29 is 19.1 Å². The zero-order chi connectivity index (χ0) is 19.4. The van der Waals surface area contributed by atoms with Crippen LogP contribution in [0.5, 0.6) is 0 Å². The van der Waals surface area contributed by atoms with E-state index in [-0.39, 0.29) is 17.8 Å². The summed E-state index contributed by atoms with van der Waals surface area (Å²) >= 11 is 0. The minimum Gasteiger partial charge on any atom is -0.464 e. The van der Waals surface area contributed by atoms with Gasteiger partial charge < -0.3 is 10.4 Å². The number of rotatable bonds is 5. The highest BCUT2D eigenvalue weighted by Crippen LogP contribution is 2.22. The van der Waals surface area contributed by atoms with Crippen molar-refractivity contribution in [2.45, 2.75) is 19.4 Å². The second kappa shape index (κ2) is 7.86. The van der Waals surface area contributed by atoms with Crippen LogP contribution in [0.3, 0.4) is 0 Å². The maximum Gasteiger partial charge on any atom is 0.416 e. The summed E-state index contributed by atoms with van der Waals surface area (Å²) in [4.78, 5) is 23.5. The van der Waals surface area contributed by atoms with Crippen LogP contribution in [0.2, 0.25) is 0 Å². The summed E-state index contributed by atoms with van der Waals surface area (Å²) in [6.45, 7) is 1.85. The third-order valence-corrected chi connectivity index (χ3v) is 4.19. The van der Waals surface area contributed by atoms with Crippen molar-refractivity contribution >= 4 is 29.0 Å². The zero-order valence-electron chi connectivity index (χ0n) is 14.7. The first-order valence-corrected chi connectivity index (χ1v) is 8.50.